The molecule has 1 aromatic rings. The van der Waals surface area contributed by atoms with E-state index in [9.17, 15) is 22.8 Å². The van der Waals surface area contributed by atoms with Gasteiger partial charge >= 0.3 is 6.18 Å². The van der Waals surface area contributed by atoms with E-state index in [-0.39, 0.29) is 30.2 Å². The molecule has 2 aliphatic heterocycles. The Morgan fingerprint density at radius 2 is 1.89 bits per heavy atom. The van der Waals surface area contributed by atoms with Crippen LogP contribution in [-0.4, -0.2) is 47.8 Å². The Morgan fingerprint density at radius 3 is 2.43 bits per heavy atom. The van der Waals surface area contributed by atoms with Crippen molar-refractivity contribution < 1.29 is 22.8 Å². The van der Waals surface area contributed by atoms with Crippen LogP contribution >= 0.6 is 0 Å². The third-order valence-corrected chi connectivity index (χ3v) is 6.04. The first kappa shape index (κ1) is 20.6. The number of hydrogen-bond donors (Lipinski definition) is 1. The van der Waals surface area contributed by atoms with E-state index in [1.165, 1.54) is 17.0 Å². The summed E-state index contributed by atoms with van der Waals surface area (Å²) >= 11 is 0. The molecule has 0 aliphatic carbocycles. The van der Waals surface area contributed by atoms with E-state index in [1.807, 2.05) is 11.8 Å². The van der Waals surface area contributed by atoms with Crippen LogP contribution in [-0.2, 0) is 15.8 Å². The molecule has 28 heavy (non-hydrogen) atoms. The van der Waals surface area contributed by atoms with Gasteiger partial charge in [-0.1, -0.05) is 12.1 Å². The van der Waals surface area contributed by atoms with Crippen molar-refractivity contribution in [2.24, 2.45) is 17.6 Å². The number of carbonyl (C=O) groups is 2. The number of nitrogens with zero attached hydrogens (tertiary/aromatic N) is 2. The molecule has 0 radical (unpaired) electrons. The molecule has 154 valence electrons. The van der Waals surface area contributed by atoms with Gasteiger partial charge in [0, 0.05) is 26.1 Å². The van der Waals surface area contributed by atoms with Crippen LogP contribution in [0.1, 0.15) is 43.4 Å². The van der Waals surface area contributed by atoms with Crippen molar-refractivity contribution in [2.45, 2.75) is 44.4 Å². The molecule has 4 atom stereocenters. The van der Waals surface area contributed by atoms with Crippen molar-refractivity contribution >= 4 is 11.8 Å². The van der Waals surface area contributed by atoms with Crippen LogP contribution in [0, 0.1) is 11.8 Å². The highest BCUT2D eigenvalue weighted by atomic mass is 19.4. The average Bonchev–Trinajstić information content (AvgIpc) is 3.03. The minimum Gasteiger partial charge on any atom is -0.339 e. The van der Waals surface area contributed by atoms with E-state index in [2.05, 4.69) is 0 Å². The van der Waals surface area contributed by atoms with E-state index < -0.39 is 23.7 Å². The maximum atomic E-state index is 13.3. The molecule has 0 aromatic heterocycles. The number of likely N-dealkylation sites (tertiary alicyclic amines) is 2. The summed E-state index contributed by atoms with van der Waals surface area (Å²) in [6.45, 7) is 3.09. The van der Waals surface area contributed by atoms with Crippen LogP contribution in [0.25, 0.3) is 0 Å². The van der Waals surface area contributed by atoms with E-state index in [0.29, 0.717) is 25.1 Å². The second-order valence-electron chi connectivity index (χ2n) is 7.89. The fraction of sp³-hybridized carbons (Fsp3) is 0.600. The SMILES string of the molecule is CC1CC(CN)CN1C(=O)C1CCC(=O)N(C)C1c1ccc(C(F)(F)F)cc1. The van der Waals surface area contributed by atoms with Gasteiger partial charge in [0.05, 0.1) is 17.5 Å². The summed E-state index contributed by atoms with van der Waals surface area (Å²) in [6, 6.07) is 4.26. The fourth-order valence-electron chi connectivity index (χ4n) is 4.46. The topological polar surface area (TPSA) is 66.6 Å². The highest BCUT2D eigenvalue weighted by molar-refractivity contribution is 5.85. The molecule has 8 heteroatoms. The van der Waals surface area contributed by atoms with Gasteiger partial charge in [0.1, 0.15) is 0 Å². The largest absolute Gasteiger partial charge is 0.416 e. The van der Waals surface area contributed by atoms with Gasteiger partial charge in [0.15, 0.2) is 0 Å². The summed E-state index contributed by atoms with van der Waals surface area (Å²) in [5.41, 5.74) is 5.56. The standard InChI is InChI=1S/C20H26F3N3O2/c1-12-9-13(10-24)11-26(12)19(28)16-7-8-17(27)25(2)18(16)14-3-5-15(6-4-14)20(21,22)23/h3-6,12-13,16,18H,7-11,24H2,1-2H3. The minimum atomic E-state index is -4.43. The second-order valence-corrected chi connectivity index (χ2v) is 7.89. The molecule has 0 saturated carbocycles. The highest BCUT2D eigenvalue weighted by Gasteiger charge is 2.43. The number of nitrogens with two attached hydrogens (primary N) is 1. The number of amides is 2. The molecule has 0 bridgehead atoms. The van der Waals surface area contributed by atoms with Crippen LogP contribution in [0.3, 0.4) is 0 Å². The molecule has 3 rings (SSSR count). The zero-order valence-electron chi connectivity index (χ0n) is 16.1. The van der Waals surface area contributed by atoms with Gasteiger partial charge in [-0.2, -0.15) is 13.2 Å². The maximum Gasteiger partial charge on any atom is 0.416 e. The molecular weight excluding hydrogens is 371 g/mol. The molecular formula is C20H26F3N3O2. The van der Waals surface area contributed by atoms with Crippen molar-refractivity contribution in [1.82, 2.24) is 9.80 Å². The fourth-order valence-corrected chi connectivity index (χ4v) is 4.46. The number of carbonyl (C=O) groups excluding carboxylic acids is 2. The Labute approximate surface area is 162 Å². The highest BCUT2D eigenvalue weighted by Crippen LogP contribution is 2.39. The van der Waals surface area contributed by atoms with Crippen molar-refractivity contribution in [1.29, 1.82) is 0 Å². The van der Waals surface area contributed by atoms with E-state index in [0.717, 1.165) is 18.6 Å². The van der Waals surface area contributed by atoms with Gasteiger partial charge in [-0.05, 0) is 49.9 Å². The summed E-state index contributed by atoms with van der Waals surface area (Å²) in [6.07, 6.45) is -2.93. The van der Waals surface area contributed by atoms with Gasteiger partial charge in [0.25, 0.3) is 0 Å². The van der Waals surface area contributed by atoms with Crippen molar-refractivity contribution in [3.8, 4) is 0 Å². The molecule has 5 nitrogen and oxygen atoms in total. The number of benzene rings is 1. The smallest absolute Gasteiger partial charge is 0.339 e. The molecule has 2 N–H and O–H groups in total. The summed E-state index contributed by atoms with van der Waals surface area (Å²) in [4.78, 5) is 28.9. The zero-order chi connectivity index (χ0) is 20.6. The summed E-state index contributed by atoms with van der Waals surface area (Å²) in [7, 11) is 1.61. The van der Waals surface area contributed by atoms with E-state index >= 15 is 0 Å². The van der Waals surface area contributed by atoms with Crippen LogP contribution in [0.15, 0.2) is 24.3 Å². The van der Waals surface area contributed by atoms with E-state index in [4.69, 9.17) is 5.73 Å². The lowest BCUT2D eigenvalue weighted by atomic mass is 9.83. The number of piperidine rings is 1. The van der Waals surface area contributed by atoms with Crippen LogP contribution in [0.2, 0.25) is 0 Å². The van der Waals surface area contributed by atoms with Gasteiger partial charge in [-0.25, -0.2) is 0 Å². The molecule has 2 fully saturated rings. The normalized spacial score (nSPS) is 28.7. The molecule has 0 spiro atoms. The average molecular weight is 397 g/mol. The van der Waals surface area contributed by atoms with Crippen molar-refractivity contribution in [3.63, 3.8) is 0 Å². The Morgan fingerprint density at radius 1 is 1.25 bits per heavy atom. The van der Waals surface area contributed by atoms with Crippen LogP contribution in [0.4, 0.5) is 13.2 Å². The molecule has 2 aliphatic rings. The van der Waals surface area contributed by atoms with Crippen molar-refractivity contribution in [3.05, 3.63) is 35.4 Å². The van der Waals surface area contributed by atoms with E-state index in [1.54, 1.807) is 7.05 Å². The Bertz CT molecular complexity index is 735. The number of rotatable bonds is 3. The van der Waals surface area contributed by atoms with Gasteiger partial charge in [-0.3, -0.25) is 9.59 Å². The molecule has 2 heterocycles. The number of alkyl halides is 3. The maximum absolute atomic E-state index is 13.3. The Kier molecular flexibility index (Phi) is 5.70. The summed E-state index contributed by atoms with van der Waals surface area (Å²) in [5.74, 6) is -0.374. The molecule has 2 amide bonds. The lowest BCUT2D eigenvalue weighted by Gasteiger charge is -2.40. The third kappa shape index (κ3) is 3.87. The minimum absolute atomic E-state index is 0.0484. The first-order valence-electron chi connectivity index (χ1n) is 9.56. The van der Waals surface area contributed by atoms with Crippen LogP contribution in [0.5, 0.6) is 0 Å². The number of hydrogen-bond acceptors (Lipinski definition) is 3. The molecule has 4 unspecified atom stereocenters. The molecule has 2 saturated heterocycles. The third-order valence-electron chi connectivity index (χ3n) is 6.04. The first-order chi connectivity index (χ1) is 13.1. The number of halogens is 3. The van der Waals surface area contributed by atoms with Gasteiger partial charge < -0.3 is 15.5 Å². The zero-order valence-corrected chi connectivity index (χ0v) is 16.1. The predicted molar refractivity (Wildman–Crippen MR) is 98.0 cm³/mol. The second kappa shape index (κ2) is 7.73. The quantitative estimate of drug-likeness (QED) is 0.853. The predicted octanol–water partition coefficient (Wildman–Crippen LogP) is 2.81. The summed E-state index contributed by atoms with van der Waals surface area (Å²) < 4.78 is 38.7. The van der Waals surface area contributed by atoms with Crippen LogP contribution < -0.4 is 5.73 Å². The summed E-state index contributed by atoms with van der Waals surface area (Å²) in [5, 5.41) is 0. The first-order valence-corrected chi connectivity index (χ1v) is 9.56. The van der Waals surface area contributed by atoms with Gasteiger partial charge in [-0.15, -0.1) is 0 Å². The van der Waals surface area contributed by atoms with Crippen molar-refractivity contribution in [2.75, 3.05) is 20.1 Å². The Hall–Kier alpha value is -2.09. The molecule has 1 aromatic carbocycles. The Balaban J connectivity index is 1.89. The lowest BCUT2D eigenvalue weighted by molar-refractivity contribution is -0.147. The lowest BCUT2D eigenvalue weighted by Crippen LogP contribution is -2.48. The monoisotopic (exact) mass is 397 g/mol. The van der Waals surface area contributed by atoms with Gasteiger partial charge in [0.2, 0.25) is 11.8 Å².